The minimum Gasteiger partial charge on any atom is -0.353 e. The van der Waals surface area contributed by atoms with Crippen LogP contribution < -0.4 is 4.90 Å². The van der Waals surface area contributed by atoms with Crippen LogP contribution in [0.1, 0.15) is 11.4 Å². The highest BCUT2D eigenvalue weighted by atomic mass is 35.5. The summed E-state index contributed by atoms with van der Waals surface area (Å²) in [6, 6.07) is 11.0. The van der Waals surface area contributed by atoms with Crippen molar-refractivity contribution in [1.82, 2.24) is 14.9 Å². The van der Waals surface area contributed by atoms with Crippen LogP contribution >= 0.6 is 11.6 Å². The summed E-state index contributed by atoms with van der Waals surface area (Å²) in [4.78, 5) is 24.7. The molecule has 0 bridgehead atoms. The number of carbonyl (C=O) groups is 1. The van der Waals surface area contributed by atoms with Crippen LogP contribution in [0.5, 0.6) is 0 Å². The number of hydrogen-bond acceptors (Lipinski definition) is 5. The molecule has 0 N–H and O–H groups in total. The molecule has 1 fully saturated rings. The van der Waals surface area contributed by atoms with Gasteiger partial charge in [0.1, 0.15) is 11.9 Å². The number of halogens is 1. The molecule has 0 aliphatic carbocycles. The summed E-state index contributed by atoms with van der Waals surface area (Å²) in [7, 11) is 0. The zero-order valence-electron chi connectivity index (χ0n) is 13.0. The lowest BCUT2D eigenvalue weighted by molar-refractivity contribution is -0.130. The first-order valence-corrected chi connectivity index (χ1v) is 8.04. The Kier molecular flexibility index (Phi) is 4.92. The lowest BCUT2D eigenvalue weighted by Crippen LogP contribution is -2.49. The standard InChI is InChI=1S/C17H16ClN5O/c18-14-4-5-16(21-15(14)12-19)22-7-9-23(10-8-22)17(24)11-13-3-1-2-6-20-13/h1-6H,7-11H2. The molecule has 6 nitrogen and oxygen atoms in total. The van der Waals surface area contributed by atoms with E-state index in [1.807, 2.05) is 29.2 Å². The van der Waals surface area contributed by atoms with Crippen molar-refractivity contribution in [2.24, 2.45) is 0 Å². The van der Waals surface area contributed by atoms with Gasteiger partial charge in [0.2, 0.25) is 5.91 Å². The lowest BCUT2D eigenvalue weighted by atomic mass is 10.2. The van der Waals surface area contributed by atoms with Crippen molar-refractivity contribution in [3.63, 3.8) is 0 Å². The quantitative estimate of drug-likeness (QED) is 0.852. The number of rotatable bonds is 3. The fourth-order valence-corrected chi connectivity index (χ4v) is 2.79. The second kappa shape index (κ2) is 7.28. The molecule has 1 aliphatic heterocycles. The molecule has 3 heterocycles. The van der Waals surface area contributed by atoms with E-state index < -0.39 is 0 Å². The molecule has 3 rings (SSSR count). The zero-order chi connectivity index (χ0) is 16.9. The van der Waals surface area contributed by atoms with Gasteiger partial charge in [0, 0.05) is 38.1 Å². The summed E-state index contributed by atoms with van der Waals surface area (Å²) in [6.07, 6.45) is 2.01. The first kappa shape index (κ1) is 16.2. The number of amides is 1. The molecule has 0 saturated carbocycles. The third-order valence-corrected chi connectivity index (χ3v) is 4.26. The average Bonchev–Trinajstić information content (AvgIpc) is 2.63. The lowest BCUT2D eigenvalue weighted by Gasteiger charge is -2.35. The maximum atomic E-state index is 12.3. The number of hydrogen-bond donors (Lipinski definition) is 0. The first-order valence-electron chi connectivity index (χ1n) is 7.66. The van der Waals surface area contributed by atoms with Crippen molar-refractivity contribution in [3.8, 4) is 6.07 Å². The first-order chi connectivity index (χ1) is 11.7. The Bertz CT molecular complexity index is 766. The number of carbonyl (C=O) groups excluding carboxylic acids is 1. The Labute approximate surface area is 145 Å². The van der Waals surface area contributed by atoms with Gasteiger partial charge in [-0.25, -0.2) is 4.98 Å². The predicted molar refractivity (Wildman–Crippen MR) is 90.7 cm³/mol. The number of anilines is 1. The Morgan fingerprint density at radius 3 is 2.67 bits per heavy atom. The van der Waals surface area contributed by atoms with E-state index in [0.717, 1.165) is 5.69 Å². The fraction of sp³-hybridized carbons (Fsp3) is 0.294. The van der Waals surface area contributed by atoms with Gasteiger partial charge >= 0.3 is 0 Å². The van der Waals surface area contributed by atoms with Crippen molar-refractivity contribution >= 4 is 23.3 Å². The van der Waals surface area contributed by atoms with Crippen molar-refractivity contribution in [2.45, 2.75) is 6.42 Å². The van der Waals surface area contributed by atoms with Gasteiger partial charge < -0.3 is 9.80 Å². The third-order valence-electron chi connectivity index (χ3n) is 3.95. The van der Waals surface area contributed by atoms with Crippen LogP contribution in [0.25, 0.3) is 0 Å². The highest BCUT2D eigenvalue weighted by Crippen LogP contribution is 2.20. The molecule has 2 aromatic rings. The van der Waals surface area contributed by atoms with E-state index in [1.165, 1.54) is 0 Å². The van der Waals surface area contributed by atoms with Gasteiger partial charge in [-0.2, -0.15) is 5.26 Å². The van der Waals surface area contributed by atoms with Gasteiger partial charge in [0.25, 0.3) is 0 Å². The minimum atomic E-state index is 0.0788. The molecule has 0 spiro atoms. The monoisotopic (exact) mass is 341 g/mol. The van der Waals surface area contributed by atoms with Gasteiger partial charge in [-0.05, 0) is 24.3 Å². The van der Waals surface area contributed by atoms with Crippen LogP contribution in [0.15, 0.2) is 36.5 Å². The van der Waals surface area contributed by atoms with Crippen LogP contribution in [0.3, 0.4) is 0 Å². The maximum absolute atomic E-state index is 12.3. The van der Waals surface area contributed by atoms with Crippen molar-refractivity contribution < 1.29 is 4.79 Å². The van der Waals surface area contributed by atoms with Crippen LogP contribution in [0, 0.1) is 11.3 Å². The summed E-state index contributed by atoms with van der Waals surface area (Å²) < 4.78 is 0. The summed E-state index contributed by atoms with van der Waals surface area (Å²) in [5.74, 6) is 0.794. The molecule has 0 atom stereocenters. The molecule has 1 saturated heterocycles. The van der Waals surface area contributed by atoms with Crippen LogP contribution in [0.4, 0.5) is 5.82 Å². The molecule has 2 aromatic heterocycles. The number of nitrogens with zero attached hydrogens (tertiary/aromatic N) is 5. The van der Waals surface area contributed by atoms with Gasteiger partial charge in [0.05, 0.1) is 11.4 Å². The third kappa shape index (κ3) is 3.63. The van der Waals surface area contributed by atoms with Crippen LogP contribution in [-0.2, 0) is 11.2 Å². The smallest absolute Gasteiger partial charge is 0.228 e. The highest BCUT2D eigenvalue weighted by molar-refractivity contribution is 6.31. The summed E-state index contributed by atoms with van der Waals surface area (Å²) >= 11 is 5.91. The molecule has 7 heteroatoms. The van der Waals surface area contributed by atoms with E-state index >= 15 is 0 Å². The second-order valence-electron chi connectivity index (χ2n) is 5.48. The van der Waals surface area contributed by atoms with Crippen molar-refractivity contribution in [2.75, 3.05) is 31.1 Å². The summed E-state index contributed by atoms with van der Waals surface area (Å²) in [5, 5.41) is 9.37. The molecule has 0 radical (unpaired) electrons. The average molecular weight is 342 g/mol. The van der Waals surface area contributed by atoms with E-state index in [2.05, 4.69) is 14.9 Å². The molecule has 0 aromatic carbocycles. The molecule has 122 valence electrons. The molecular formula is C17H16ClN5O. The summed E-state index contributed by atoms with van der Waals surface area (Å²) in [6.45, 7) is 2.59. The predicted octanol–water partition coefficient (Wildman–Crippen LogP) is 1.89. The number of aromatic nitrogens is 2. The number of piperazine rings is 1. The molecule has 0 unspecified atom stereocenters. The van der Waals surface area contributed by atoms with E-state index in [1.54, 1.807) is 18.3 Å². The van der Waals surface area contributed by atoms with Crippen LogP contribution in [-0.4, -0.2) is 47.0 Å². The Balaban J connectivity index is 1.59. The van der Waals surface area contributed by atoms with Gasteiger partial charge in [0.15, 0.2) is 5.69 Å². The van der Waals surface area contributed by atoms with Gasteiger partial charge in [-0.3, -0.25) is 9.78 Å². The fourth-order valence-electron chi connectivity index (χ4n) is 2.64. The van der Waals surface area contributed by atoms with Gasteiger partial charge in [-0.15, -0.1) is 0 Å². The van der Waals surface area contributed by atoms with E-state index in [4.69, 9.17) is 16.9 Å². The SMILES string of the molecule is N#Cc1nc(N2CCN(C(=O)Cc3ccccn3)CC2)ccc1Cl. The van der Waals surface area contributed by atoms with Crippen LogP contribution in [0.2, 0.25) is 5.02 Å². The maximum Gasteiger partial charge on any atom is 0.228 e. The minimum absolute atomic E-state index is 0.0788. The Morgan fingerprint density at radius 1 is 1.21 bits per heavy atom. The Hall–Kier alpha value is -2.65. The largest absolute Gasteiger partial charge is 0.353 e. The molecule has 24 heavy (non-hydrogen) atoms. The van der Waals surface area contributed by atoms with E-state index in [9.17, 15) is 4.79 Å². The Morgan fingerprint density at radius 2 is 2.00 bits per heavy atom. The normalized spacial score (nSPS) is 14.3. The second-order valence-corrected chi connectivity index (χ2v) is 5.88. The zero-order valence-corrected chi connectivity index (χ0v) is 13.8. The molecule has 1 amide bonds. The number of pyridine rings is 2. The number of nitriles is 1. The molecule has 1 aliphatic rings. The van der Waals surface area contributed by atoms with Gasteiger partial charge in [-0.1, -0.05) is 17.7 Å². The van der Waals surface area contributed by atoms with Crippen molar-refractivity contribution in [1.29, 1.82) is 5.26 Å². The topological polar surface area (TPSA) is 73.1 Å². The highest BCUT2D eigenvalue weighted by Gasteiger charge is 2.22. The van der Waals surface area contributed by atoms with E-state index in [-0.39, 0.29) is 11.6 Å². The molecular weight excluding hydrogens is 326 g/mol. The van der Waals surface area contributed by atoms with Crippen molar-refractivity contribution in [3.05, 3.63) is 52.9 Å². The van der Waals surface area contributed by atoms with E-state index in [0.29, 0.717) is 43.4 Å². The summed E-state index contributed by atoms with van der Waals surface area (Å²) in [5.41, 5.74) is 1.01.